The number of piperidine rings is 1. The molecule has 4 rings (SSSR count). The largest absolute Gasteiger partial charge is 0.573 e. The molecule has 0 atom stereocenters. The maximum absolute atomic E-state index is 13.5. The molecule has 16 heteroatoms. The molecule has 0 saturated carbocycles. The van der Waals surface area contributed by atoms with Crippen molar-refractivity contribution in [1.29, 1.82) is 0 Å². The van der Waals surface area contributed by atoms with Crippen molar-refractivity contribution in [1.82, 2.24) is 19.7 Å². The fourth-order valence-electron chi connectivity index (χ4n) is 4.92. The Bertz CT molecular complexity index is 1590. The number of likely N-dealkylation sites (N-methyl/N-ethyl adjacent to an activating group) is 1. The summed E-state index contributed by atoms with van der Waals surface area (Å²) < 4.78 is 53.0. The van der Waals surface area contributed by atoms with Gasteiger partial charge in [0.05, 0.1) is 23.4 Å². The third-order valence-electron chi connectivity index (χ3n) is 7.66. The van der Waals surface area contributed by atoms with E-state index in [2.05, 4.69) is 15.0 Å². The molecule has 1 aromatic heterocycles. The first-order valence-corrected chi connectivity index (χ1v) is 16.0. The van der Waals surface area contributed by atoms with Crippen molar-refractivity contribution < 1.29 is 46.6 Å². The van der Waals surface area contributed by atoms with Gasteiger partial charge < -0.3 is 29.3 Å². The molecular weight excluding hydrogens is 655 g/mol. The van der Waals surface area contributed by atoms with Crippen LogP contribution in [0.1, 0.15) is 39.2 Å². The van der Waals surface area contributed by atoms with Gasteiger partial charge in [-0.1, -0.05) is 55.5 Å². The third kappa shape index (κ3) is 10.2. The lowest BCUT2D eigenvalue weighted by molar-refractivity contribution is -0.274. The average molecular weight is 694 g/mol. The van der Waals surface area contributed by atoms with Crippen molar-refractivity contribution in [2.24, 2.45) is 5.92 Å². The van der Waals surface area contributed by atoms with Crippen LogP contribution in [-0.4, -0.2) is 95.4 Å². The van der Waals surface area contributed by atoms with Gasteiger partial charge in [0.1, 0.15) is 18.9 Å². The van der Waals surface area contributed by atoms with Crippen molar-refractivity contribution >= 4 is 50.7 Å². The molecule has 2 heterocycles. The van der Waals surface area contributed by atoms with Crippen molar-refractivity contribution in [3.8, 4) is 5.75 Å². The summed E-state index contributed by atoms with van der Waals surface area (Å²) in [5, 5.41) is 2.68. The Balaban J connectivity index is 1.40. The minimum Gasteiger partial charge on any atom is -0.449 e. The molecule has 3 aromatic rings. The quantitative estimate of drug-likeness (QED) is 0.264. The summed E-state index contributed by atoms with van der Waals surface area (Å²) in [4.78, 5) is 60.6. The van der Waals surface area contributed by atoms with E-state index in [9.17, 15) is 32.3 Å². The number of hydrogen-bond acceptors (Lipinski definition) is 9. The Morgan fingerprint density at radius 3 is 2.38 bits per heavy atom. The minimum atomic E-state index is -4.85. The number of aromatic nitrogens is 1. The van der Waals surface area contributed by atoms with Gasteiger partial charge >= 0.3 is 18.5 Å². The zero-order valence-electron chi connectivity index (χ0n) is 27.0. The molecule has 12 nitrogen and oxygen atoms in total. The lowest BCUT2D eigenvalue weighted by Crippen LogP contribution is -2.59. The average Bonchev–Trinajstić information content (AvgIpc) is 3.42. The molecule has 2 aromatic carbocycles. The summed E-state index contributed by atoms with van der Waals surface area (Å²) in [6.07, 6.45) is -5.29. The second-order valence-electron chi connectivity index (χ2n) is 12.1. The second-order valence-corrected chi connectivity index (χ2v) is 13.1. The standard InChI is InChI=1S/C32H38F3N5O7S/c1-21(2)19-45-29(43)39-14-12-31(3,13-15-39)40(30(44)46-20-22-8-6-5-7-9-22)18-27(42)38(4)17-26(41)37-28-36-24-11-10-23(16-25(24)48-28)47-32(33,34)35/h5-11,16,21H,12-15,17-20H2,1-4H3,(H,36,37,41). The predicted molar refractivity (Wildman–Crippen MR) is 171 cm³/mol. The Morgan fingerprint density at radius 1 is 1.04 bits per heavy atom. The van der Waals surface area contributed by atoms with Gasteiger partial charge in [-0.3, -0.25) is 14.5 Å². The molecule has 1 N–H and O–H groups in total. The number of carbonyl (C=O) groups excluding carboxylic acids is 4. The normalized spacial score (nSPS) is 14.4. The molecule has 1 aliphatic rings. The van der Waals surface area contributed by atoms with Gasteiger partial charge in [0, 0.05) is 31.7 Å². The zero-order chi connectivity index (χ0) is 35.1. The van der Waals surface area contributed by atoms with Crippen molar-refractivity contribution in [2.45, 2.75) is 52.1 Å². The van der Waals surface area contributed by atoms with Crippen LogP contribution in [0.15, 0.2) is 48.5 Å². The highest BCUT2D eigenvalue weighted by atomic mass is 32.1. The number of benzene rings is 2. The van der Waals surface area contributed by atoms with Crippen LogP contribution >= 0.6 is 11.3 Å². The topological polar surface area (TPSA) is 131 Å². The predicted octanol–water partition coefficient (Wildman–Crippen LogP) is 5.88. The molecule has 0 unspecified atom stereocenters. The van der Waals surface area contributed by atoms with E-state index in [4.69, 9.17) is 9.47 Å². The van der Waals surface area contributed by atoms with Crippen molar-refractivity contribution in [3.05, 3.63) is 54.1 Å². The summed E-state index contributed by atoms with van der Waals surface area (Å²) in [5.41, 5.74) is 0.265. The molecule has 48 heavy (non-hydrogen) atoms. The number of ether oxygens (including phenoxy) is 3. The van der Waals surface area contributed by atoms with Crippen LogP contribution in [0.5, 0.6) is 5.75 Å². The number of fused-ring (bicyclic) bond motifs is 1. The molecular formula is C32H38F3N5O7S. The highest BCUT2D eigenvalue weighted by Gasteiger charge is 2.42. The number of likely N-dealkylation sites (tertiary alicyclic amines) is 1. The fraction of sp³-hybridized carbons (Fsp3) is 0.469. The summed E-state index contributed by atoms with van der Waals surface area (Å²) in [7, 11) is 1.41. The summed E-state index contributed by atoms with van der Waals surface area (Å²) in [6, 6.07) is 12.7. The first kappa shape index (κ1) is 36.2. The van der Waals surface area contributed by atoms with Gasteiger partial charge in [0.2, 0.25) is 11.8 Å². The number of alkyl halides is 3. The Kier molecular flexibility index (Phi) is 11.7. The number of thiazole rings is 1. The third-order valence-corrected chi connectivity index (χ3v) is 8.59. The van der Waals surface area contributed by atoms with Crippen LogP contribution in [0.4, 0.5) is 27.9 Å². The number of halogens is 3. The Labute approximate surface area is 279 Å². The van der Waals surface area contributed by atoms with Gasteiger partial charge in [-0.05, 0) is 43.4 Å². The van der Waals surface area contributed by atoms with Crippen LogP contribution in [0.3, 0.4) is 0 Å². The molecule has 260 valence electrons. The maximum Gasteiger partial charge on any atom is 0.573 e. The van der Waals surface area contributed by atoms with E-state index in [0.717, 1.165) is 33.9 Å². The molecule has 0 radical (unpaired) electrons. The minimum absolute atomic E-state index is 0.0155. The molecule has 1 saturated heterocycles. The van der Waals surface area contributed by atoms with Crippen LogP contribution < -0.4 is 10.1 Å². The first-order valence-electron chi connectivity index (χ1n) is 15.2. The zero-order valence-corrected chi connectivity index (χ0v) is 27.9. The van der Waals surface area contributed by atoms with E-state index in [0.29, 0.717) is 36.1 Å². The van der Waals surface area contributed by atoms with Crippen LogP contribution in [0, 0.1) is 5.92 Å². The maximum atomic E-state index is 13.5. The number of carbonyl (C=O) groups is 4. The van der Waals surface area contributed by atoms with Gasteiger partial charge in [-0.15, -0.1) is 13.2 Å². The summed E-state index contributed by atoms with van der Waals surface area (Å²) in [6.45, 7) is 5.79. The number of nitrogens with one attached hydrogen (secondary N) is 1. The second kappa shape index (κ2) is 15.5. The van der Waals surface area contributed by atoms with Crippen LogP contribution in [0.25, 0.3) is 10.2 Å². The van der Waals surface area contributed by atoms with E-state index < -0.39 is 54.7 Å². The number of hydrogen-bond donors (Lipinski definition) is 1. The van der Waals surface area contributed by atoms with Gasteiger partial charge in [-0.25, -0.2) is 14.6 Å². The molecule has 4 amide bonds. The fourth-order valence-corrected chi connectivity index (χ4v) is 5.83. The van der Waals surface area contributed by atoms with E-state index in [1.54, 1.807) is 17.0 Å². The molecule has 1 fully saturated rings. The van der Waals surface area contributed by atoms with Crippen LogP contribution in [0.2, 0.25) is 0 Å². The lowest BCUT2D eigenvalue weighted by atomic mass is 9.88. The lowest BCUT2D eigenvalue weighted by Gasteiger charge is -2.45. The Hall–Kier alpha value is -4.60. The van der Waals surface area contributed by atoms with Gasteiger partial charge in [0.25, 0.3) is 0 Å². The highest BCUT2D eigenvalue weighted by molar-refractivity contribution is 7.22. The van der Waals surface area contributed by atoms with Gasteiger partial charge in [0.15, 0.2) is 5.13 Å². The number of nitrogens with zero attached hydrogens (tertiary/aromatic N) is 4. The van der Waals surface area contributed by atoms with E-state index in [-0.39, 0.29) is 24.3 Å². The van der Waals surface area contributed by atoms with Crippen LogP contribution in [-0.2, 0) is 25.7 Å². The summed E-state index contributed by atoms with van der Waals surface area (Å²) in [5.74, 6) is -1.38. The molecule has 0 aliphatic carbocycles. The van der Waals surface area contributed by atoms with E-state index >= 15 is 0 Å². The Morgan fingerprint density at radius 2 is 1.73 bits per heavy atom. The molecule has 0 spiro atoms. The van der Waals surface area contributed by atoms with E-state index in [1.807, 2.05) is 39.0 Å². The number of anilines is 1. The monoisotopic (exact) mass is 693 g/mol. The number of rotatable bonds is 11. The van der Waals surface area contributed by atoms with Crippen molar-refractivity contribution in [2.75, 3.05) is 45.2 Å². The molecule has 1 aliphatic heterocycles. The number of amides is 4. The van der Waals surface area contributed by atoms with E-state index in [1.165, 1.54) is 18.0 Å². The first-order chi connectivity index (χ1) is 22.6. The van der Waals surface area contributed by atoms with Crippen molar-refractivity contribution in [3.63, 3.8) is 0 Å². The van der Waals surface area contributed by atoms with Gasteiger partial charge in [-0.2, -0.15) is 0 Å². The highest BCUT2D eigenvalue weighted by Crippen LogP contribution is 2.32. The molecule has 0 bridgehead atoms. The summed E-state index contributed by atoms with van der Waals surface area (Å²) >= 11 is 0.944. The SMILES string of the molecule is CC(C)COC(=O)N1CCC(C)(N(CC(=O)N(C)CC(=O)Nc2nc3ccc(OC(F)(F)F)cc3s2)C(=O)OCc2ccccc2)CC1. The smallest absolute Gasteiger partial charge is 0.449 e.